The molecule has 2 heterocycles. The normalized spacial score (nSPS) is 10.7. The van der Waals surface area contributed by atoms with E-state index >= 15 is 0 Å². The SMILES string of the molecule is COc1ccc(C(=O)CSc2ncnc3sccc23)cc1. The smallest absolute Gasteiger partial charge is 0.173 e. The van der Waals surface area contributed by atoms with Gasteiger partial charge in [-0.25, -0.2) is 9.97 Å². The lowest BCUT2D eigenvalue weighted by Gasteiger charge is -2.03. The zero-order chi connectivity index (χ0) is 14.7. The number of nitrogens with zero attached hydrogens (tertiary/aromatic N) is 2. The van der Waals surface area contributed by atoms with Crippen LogP contribution in [0.5, 0.6) is 5.75 Å². The fourth-order valence-corrected chi connectivity index (χ4v) is 3.55. The summed E-state index contributed by atoms with van der Waals surface area (Å²) >= 11 is 3.02. The van der Waals surface area contributed by atoms with Gasteiger partial charge in [-0.05, 0) is 35.7 Å². The number of hydrogen-bond acceptors (Lipinski definition) is 6. The van der Waals surface area contributed by atoms with Crippen LogP contribution < -0.4 is 4.74 Å². The first kappa shape index (κ1) is 14.0. The van der Waals surface area contributed by atoms with E-state index in [1.807, 2.05) is 11.4 Å². The molecular weight excluding hydrogens is 304 g/mol. The number of carbonyl (C=O) groups excluding carboxylic acids is 1. The number of carbonyl (C=O) groups is 1. The van der Waals surface area contributed by atoms with Crippen molar-refractivity contribution in [2.75, 3.05) is 12.9 Å². The van der Waals surface area contributed by atoms with Crippen LogP contribution in [0.25, 0.3) is 10.2 Å². The molecule has 21 heavy (non-hydrogen) atoms. The van der Waals surface area contributed by atoms with Gasteiger partial charge in [0, 0.05) is 10.9 Å². The van der Waals surface area contributed by atoms with Crippen molar-refractivity contribution < 1.29 is 9.53 Å². The quantitative estimate of drug-likeness (QED) is 0.408. The minimum Gasteiger partial charge on any atom is -0.497 e. The molecule has 0 aliphatic rings. The van der Waals surface area contributed by atoms with Crippen molar-refractivity contribution in [1.29, 1.82) is 0 Å². The van der Waals surface area contributed by atoms with Crippen LogP contribution >= 0.6 is 23.1 Å². The minimum absolute atomic E-state index is 0.0737. The Hall–Kier alpha value is -1.92. The first-order valence-electron chi connectivity index (χ1n) is 6.26. The van der Waals surface area contributed by atoms with Crippen LogP contribution in [0.3, 0.4) is 0 Å². The lowest BCUT2D eigenvalue weighted by atomic mass is 10.1. The Morgan fingerprint density at radius 3 is 2.81 bits per heavy atom. The number of ether oxygens (including phenoxy) is 1. The molecule has 3 rings (SSSR count). The molecule has 0 bridgehead atoms. The Morgan fingerprint density at radius 1 is 1.24 bits per heavy atom. The van der Waals surface area contributed by atoms with Crippen LogP contribution in [-0.2, 0) is 0 Å². The Kier molecular flexibility index (Phi) is 4.17. The molecular formula is C15H12N2O2S2. The van der Waals surface area contributed by atoms with Gasteiger partial charge in [-0.2, -0.15) is 0 Å². The number of Topliss-reactive ketones (excluding diaryl/α,β-unsaturated/α-hetero) is 1. The van der Waals surface area contributed by atoms with Crippen LogP contribution in [0.2, 0.25) is 0 Å². The molecule has 0 N–H and O–H groups in total. The molecule has 0 unspecified atom stereocenters. The molecule has 0 aliphatic heterocycles. The molecule has 0 aliphatic carbocycles. The largest absolute Gasteiger partial charge is 0.497 e. The number of methoxy groups -OCH3 is 1. The molecule has 0 radical (unpaired) electrons. The Bertz CT molecular complexity index is 769. The first-order valence-corrected chi connectivity index (χ1v) is 8.12. The summed E-state index contributed by atoms with van der Waals surface area (Å²) < 4.78 is 5.09. The van der Waals surface area contributed by atoms with Gasteiger partial charge in [0.15, 0.2) is 5.78 Å². The topological polar surface area (TPSA) is 52.1 Å². The van der Waals surface area contributed by atoms with Gasteiger partial charge in [0.05, 0.1) is 12.9 Å². The molecule has 0 saturated carbocycles. The third-order valence-electron chi connectivity index (χ3n) is 2.98. The van der Waals surface area contributed by atoms with Gasteiger partial charge in [-0.1, -0.05) is 11.8 Å². The number of thioether (sulfide) groups is 1. The van der Waals surface area contributed by atoms with Crippen LogP contribution in [0.4, 0.5) is 0 Å². The summed E-state index contributed by atoms with van der Waals surface area (Å²) in [7, 11) is 1.61. The molecule has 3 aromatic rings. The van der Waals surface area contributed by atoms with Crippen molar-refractivity contribution in [2.24, 2.45) is 0 Å². The van der Waals surface area contributed by atoms with Gasteiger partial charge >= 0.3 is 0 Å². The summed E-state index contributed by atoms with van der Waals surface area (Å²) in [6.45, 7) is 0. The van der Waals surface area contributed by atoms with E-state index in [0.29, 0.717) is 11.3 Å². The maximum absolute atomic E-state index is 12.2. The molecule has 106 valence electrons. The first-order chi connectivity index (χ1) is 10.3. The molecule has 0 spiro atoms. The molecule has 0 atom stereocenters. The van der Waals surface area contributed by atoms with Gasteiger partial charge in [-0.3, -0.25) is 4.79 Å². The van der Waals surface area contributed by atoms with Crippen molar-refractivity contribution in [3.05, 3.63) is 47.6 Å². The molecule has 2 aromatic heterocycles. The van der Waals surface area contributed by atoms with Crippen LogP contribution in [-0.4, -0.2) is 28.6 Å². The number of rotatable bonds is 5. The third kappa shape index (κ3) is 3.06. The van der Waals surface area contributed by atoms with Crippen LogP contribution in [0, 0.1) is 0 Å². The van der Waals surface area contributed by atoms with Gasteiger partial charge < -0.3 is 4.74 Å². The van der Waals surface area contributed by atoms with E-state index in [1.54, 1.807) is 49.0 Å². The fourth-order valence-electron chi connectivity index (χ4n) is 1.88. The lowest BCUT2D eigenvalue weighted by molar-refractivity contribution is 0.102. The van der Waals surface area contributed by atoms with Crippen LogP contribution in [0.15, 0.2) is 47.1 Å². The molecule has 0 saturated heterocycles. The van der Waals surface area contributed by atoms with Gasteiger partial charge in [0.1, 0.15) is 21.9 Å². The van der Waals surface area contributed by atoms with Gasteiger partial charge in [0.25, 0.3) is 0 Å². The highest BCUT2D eigenvalue weighted by Crippen LogP contribution is 2.28. The van der Waals surface area contributed by atoms with E-state index in [2.05, 4.69) is 9.97 Å². The summed E-state index contributed by atoms with van der Waals surface area (Å²) in [4.78, 5) is 21.6. The minimum atomic E-state index is 0.0737. The molecule has 0 amide bonds. The lowest BCUT2D eigenvalue weighted by Crippen LogP contribution is -2.02. The number of hydrogen-bond donors (Lipinski definition) is 0. The molecule has 4 nitrogen and oxygen atoms in total. The summed E-state index contributed by atoms with van der Waals surface area (Å²) in [5, 5.41) is 3.84. The van der Waals surface area contributed by atoms with E-state index < -0.39 is 0 Å². The summed E-state index contributed by atoms with van der Waals surface area (Å²) in [6.07, 6.45) is 1.54. The number of benzene rings is 1. The summed E-state index contributed by atoms with van der Waals surface area (Å²) in [5.74, 6) is 1.17. The van der Waals surface area contributed by atoms with Gasteiger partial charge in [-0.15, -0.1) is 11.3 Å². The maximum Gasteiger partial charge on any atom is 0.173 e. The molecule has 6 heteroatoms. The van der Waals surface area contributed by atoms with E-state index in [0.717, 1.165) is 21.0 Å². The second-order valence-electron chi connectivity index (χ2n) is 4.26. The number of ketones is 1. The second kappa shape index (κ2) is 6.24. The predicted octanol–water partition coefficient (Wildman–Crippen LogP) is 3.67. The predicted molar refractivity (Wildman–Crippen MR) is 85.5 cm³/mol. The van der Waals surface area contributed by atoms with Crippen molar-refractivity contribution >= 4 is 39.1 Å². The number of thiophene rings is 1. The average molecular weight is 316 g/mol. The highest BCUT2D eigenvalue weighted by molar-refractivity contribution is 8.00. The average Bonchev–Trinajstić information content (AvgIpc) is 3.02. The van der Waals surface area contributed by atoms with Crippen molar-refractivity contribution in [1.82, 2.24) is 9.97 Å². The van der Waals surface area contributed by atoms with Crippen molar-refractivity contribution in [3.63, 3.8) is 0 Å². The third-order valence-corrected chi connectivity index (χ3v) is 4.80. The maximum atomic E-state index is 12.2. The monoisotopic (exact) mass is 316 g/mol. The Morgan fingerprint density at radius 2 is 2.05 bits per heavy atom. The standard InChI is InChI=1S/C15H12N2O2S2/c1-19-11-4-2-10(3-5-11)13(18)8-21-15-12-6-7-20-14(12)16-9-17-15/h2-7,9H,8H2,1H3. The van der Waals surface area contributed by atoms with E-state index in [4.69, 9.17) is 4.74 Å². The number of fused-ring (bicyclic) bond motifs is 1. The second-order valence-corrected chi connectivity index (χ2v) is 6.12. The van der Waals surface area contributed by atoms with Crippen molar-refractivity contribution in [3.8, 4) is 5.75 Å². The van der Waals surface area contributed by atoms with Crippen LogP contribution in [0.1, 0.15) is 10.4 Å². The summed E-state index contributed by atoms with van der Waals surface area (Å²) in [6, 6.07) is 9.13. The van der Waals surface area contributed by atoms with Crippen molar-refractivity contribution in [2.45, 2.75) is 5.03 Å². The molecule has 0 fully saturated rings. The number of aromatic nitrogens is 2. The van der Waals surface area contributed by atoms with E-state index in [9.17, 15) is 4.79 Å². The summed E-state index contributed by atoms with van der Waals surface area (Å²) in [5.41, 5.74) is 0.680. The molecule has 1 aromatic carbocycles. The van der Waals surface area contributed by atoms with Gasteiger partial charge in [0.2, 0.25) is 0 Å². The van der Waals surface area contributed by atoms with E-state index in [1.165, 1.54) is 11.8 Å². The Labute approximate surface area is 130 Å². The van der Waals surface area contributed by atoms with E-state index in [-0.39, 0.29) is 5.78 Å². The zero-order valence-corrected chi connectivity index (χ0v) is 12.9. The highest BCUT2D eigenvalue weighted by atomic mass is 32.2. The highest BCUT2D eigenvalue weighted by Gasteiger charge is 2.10. The zero-order valence-electron chi connectivity index (χ0n) is 11.3. The fraction of sp³-hybridized carbons (Fsp3) is 0.133. The Balaban J connectivity index is 1.71.